The largest absolute Gasteiger partial charge is 0.361 e. The van der Waals surface area contributed by atoms with E-state index in [-0.39, 0.29) is 11.7 Å². The van der Waals surface area contributed by atoms with E-state index in [0.717, 1.165) is 10.9 Å². The Labute approximate surface area is 99.0 Å². The first-order valence-electron chi connectivity index (χ1n) is 5.51. The average molecular weight is 230 g/mol. The summed E-state index contributed by atoms with van der Waals surface area (Å²) in [5.41, 5.74) is 1.62. The van der Waals surface area contributed by atoms with Crippen molar-refractivity contribution < 1.29 is 9.59 Å². The van der Waals surface area contributed by atoms with Gasteiger partial charge in [-0.2, -0.15) is 0 Å². The molecule has 0 aliphatic heterocycles. The van der Waals surface area contributed by atoms with Crippen LogP contribution in [0.4, 0.5) is 0 Å². The Morgan fingerprint density at radius 1 is 1.29 bits per heavy atom. The van der Waals surface area contributed by atoms with Crippen LogP contribution in [-0.2, 0) is 4.79 Å². The number of aromatic amines is 1. The van der Waals surface area contributed by atoms with Gasteiger partial charge in [-0.15, -0.1) is 0 Å². The Kier molecular flexibility index (Phi) is 3.23. The lowest BCUT2D eigenvalue weighted by Gasteiger charge is -2.03. The van der Waals surface area contributed by atoms with Gasteiger partial charge in [-0.1, -0.05) is 0 Å². The molecule has 2 aromatic rings. The number of hydrogen-bond donors (Lipinski definition) is 2. The molecule has 1 amide bonds. The molecule has 0 aliphatic carbocycles. The molecule has 0 unspecified atom stereocenters. The predicted octanol–water partition coefficient (Wildman–Crippen LogP) is 1.88. The van der Waals surface area contributed by atoms with E-state index in [9.17, 15) is 9.59 Å². The van der Waals surface area contributed by atoms with E-state index >= 15 is 0 Å². The molecule has 0 fully saturated rings. The van der Waals surface area contributed by atoms with Crippen molar-refractivity contribution in [3.63, 3.8) is 0 Å². The molecule has 0 spiro atoms. The number of Topliss-reactive ketones (excluding diaryl/α,β-unsaturated/α-hetero) is 1. The summed E-state index contributed by atoms with van der Waals surface area (Å²) in [4.78, 5) is 25.6. The normalized spacial score (nSPS) is 10.4. The number of rotatable bonds is 4. The van der Waals surface area contributed by atoms with Crippen LogP contribution in [0, 0.1) is 0 Å². The van der Waals surface area contributed by atoms with Crippen LogP contribution in [-0.4, -0.2) is 23.2 Å². The van der Waals surface area contributed by atoms with E-state index < -0.39 is 0 Å². The van der Waals surface area contributed by atoms with E-state index in [1.54, 1.807) is 6.07 Å². The molecule has 1 heterocycles. The number of H-pyrrole nitrogens is 1. The highest BCUT2D eigenvalue weighted by molar-refractivity contribution is 5.98. The van der Waals surface area contributed by atoms with Crippen molar-refractivity contribution >= 4 is 22.6 Å². The van der Waals surface area contributed by atoms with Gasteiger partial charge in [-0.05, 0) is 31.2 Å². The average Bonchev–Trinajstić information content (AvgIpc) is 2.75. The Hall–Kier alpha value is -2.10. The molecule has 2 rings (SSSR count). The summed E-state index contributed by atoms with van der Waals surface area (Å²) in [5.74, 6) is -0.0688. The van der Waals surface area contributed by atoms with Gasteiger partial charge in [-0.3, -0.25) is 9.59 Å². The fourth-order valence-corrected chi connectivity index (χ4v) is 1.65. The molecule has 0 aliphatic rings. The highest BCUT2D eigenvalue weighted by Crippen LogP contribution is 2.14. The van der Waals surface area contributed by atoms with Crippen molar-refractivity contribution in [3.05, 3.63) is 36.0 Å². The van der Waals surface area contributed by atoms with Gasteiger partial charge in [0, 0.05) is 35.6 Å². The summed E-state index contributed by atoms with van der Waals surface area (Å²) >= 11 is 0. The minimum Gasteiger partial charge on any atom is -0.361 e. The van der Waals surface area contributed by atoms with Crippen molar-refractivity contribution in [3.8, 4) is 0 Å². The molecule has 0 atom stereocenters. The monoisotopic (exact) mass is 230 g/mol. The molecule has 0 saturated heterocycles. The third-order valence-corrected chi connectivity index (χ3v) is 2.58. The summed E-state index contributed by atoms with van der Waals surface area (Å²) in [5, 5.41) is 3.72. The SMILES string of the molecule is CC(=O)CCNC(=O)c1ccc2[nH]ccc2c1. The number of amides is 1. The Bertz CT molecular complexity index is 557. The maximum atomic E-state index is 11.8. The zero-order chi connectivity index (χ0) is 12.3. The van der Waals surface area contributed by atoms with E-state index in [1.807, 2.05) is 24.4 Å². The molecule has 17 heavy (non-hydrogen) atoms. The van der Waals surface area contributed by atoms with E-state index in [1.165, 1.54) is 6.92 Å². The van der Waals surface area contributed by atoms with E-state index in [0.29, 0.717) is 18.5 Å². The Balaban J connectivity index is 2.05. The summed E-state index contributed by atoms with van der Waals surface area (Å²) in [6.07, 6.45) is 2.21. The maximum absolute atomic E-state index is 11.8. The van der Waals surface area contributed by atoms with Crippen LogP contribution in [0.15, 0.2) is 30.5 Å². The van der Waals surface area contributed by atoms with Gasteiger partial charge < -0.3 is 10.3 Å². The standard InChI is InChI=1S/C13H14N2O2/c1-9(16)4-6-15-13(17)11-2-3-12-10(8-11)5-7-14-12/h2-3,5,7-8,14H,4,6H2,1H3,(H,15,17). The first-order valence-corrected chi connectivity index (χ1v) is 5.51. The molecule has 1 aromatic heterocycles. The number of carbonyl (C=O) groups is 2. The second kappa shape index (κ2) is 4.82. The fourth-order valence-electron chi connectivity index (χ4n) is 1.65. The fraction of sp³-hybridized carbons (Fsp3) is 0.231. The van der Waals surface area contributed by atoms with Crippen LogP contribution < -0.4 is 5.32 Å². The quantitative estimate of drug-likeness (QED) is 0.842. The lowest BCUT2D eigenvalue weighted by molar-refractivity contribution is -0.116. The third kappa shape index (κ3) is 2.72. The minimum atomic E-state index is -0.144. The Morgan fingerprint density at radius 2 is 2.12 bits per heavy atom. The van der Waals surface area contributed by atoms with Crippen LogP contribution in [0.25, 0.3) is 10.9 Å². The van der Waals surface area contributed by atoms with Gasteiger partial charge >= 0.3 is 0 Å². The summed E-state index contributed by atoms with van der Waals surface area (Å²) in [6, 6.07) is 7.38. The first-order chi connectivity index (χ1) is 8.16. The number of benzene rings is 1. The predicted molar refractivity (Wildman–Crippen MR) is 65.9 cm³/mol. The summed E-state index contributed by atoms with van der Waals surface area (Å²) in [6.45, 7) is 1.90. The van der Waals surface area contributed by atoms with Gasteiger partial charge in [0.15, 0.2) is 0 Å². The smallest absolute Gasteiger partial charge is 0.251 e. The van der Waals surface area contributed by atoms with Crippen LogP contribution in [0.5, 0.6) is 0 Å². The number of aromatic nitrogens is 1. The third-order valence-electron chi connectivity index (χ3n) is 2.58. The highest BCUT2D eigenvalue weighted by Gasteiger charge is 2.06. The number of hydrogen-bond acceptors (Lipinski definition) is 2. The molecule has 0 bridgehead atoms. The van der Waals surface area contributed by atoms with Gasteiger partial charge in [-0.25, -0.2) is 0 Å². The van der Waals surface area contributed by atoms with Gasteiger partial charge in [0.1, 0.15) is 5.78 Å². The molecule has 0 radical (unpaired) electrons. The number of carbonyl (C=O) groups excluding carboxylic acids is 2. The highest BCUT2D eigenvalue weighted by atomic mass is 16.1. The van der Waals surface area contributed by atoms with Crippen LogP contribution in [0.1, 0.15) is 23.7 Å². The molecular weight excluding hydrogens is 216 g/mol. The molecule has 1 aromatic carbocycles. The summed E-state index contributed by atoms with van der Waals surface area (Å²) in [7, 11) is 0. The topological polar surface area (TPSA) is 62.0 Å². The molecule has 0 saturated carbocycles. The van der Waals surface area contributed by atoms with Crippen molar-refractivity contribution in [1.29, 1.82) is 0 Å². The van der Waals surface area contributed by atoms with Gasteiger partial charge in [0.25, 0.3) is 5.91 Å². The second-order valence-electron chi connectivity index (χ2n) is 3.99. The number of fused-ring (bicyclic) bond motifs is 1. The minimum absolute atomic E-state index is 0.0754. The van der Waals surface area contributed by atoms with E-state index in [4.69, 9.17) is 0 Å². The van der Waals surface area contributed by atoms with Crippen molar-refractivity contribution in [1.82, 2.24) is 10.3 Å². The van der Waals surface area contributed by atoms with E-state index in [2.05, 4.69) is 10.3 Å². The lowest BCUT2D eigenvalue weighted by atomic mass is 10.1. The van der Waals surface area contributed by atoms with Crippen molar-refractivity contribution in [2.75, 3.05) is 6.54 Å². The second-order valence-corrected chi connectivity index (χ2v) is 3.99. The molecule has 4 heteroatoms. The lowest BCUT2D eigenvalue weighted by Crippen LogP contribution is -2.25. The van der Waals surface area contributed by atoms with Crippen LogP contribution in [0.2, 0.25) is 0 Å². The van der Waals surface area contributed by atoms with Crippen LogP contribution in [0.3, 0.4) is 0 Å². The molecule has 2 N–H and O–H groups in total. The Morgan fingerprint density at radius 3 is 2.88 bits per heavy atom. The van der Waals surface area contributed by atoms with Crippen molar-refractivity contribution in [2.45, 2.75) is 13.3 Å². The number of nitrogens with one attached hydrogen (secondary N) is 2. The van der Waals surface area contributed by atoms with Gasteiger partial charge in [0.2, 0.25) is 0 Å². The van der Waals surface area contributed by atoms with Gasteiger partial charge in [0.05, 0.1) is 0 Å². The van der Waals surface area contributed by atoms with Crippen LogP contribution >= 0.6 is 0 Å². The zero-order valence-corrected chi connectivity index (χ0v) is 9.62. The summed E-state index contributed by atoms with van der Waals surface area (Å²) < 4.78 is 0. The number of ketones is 1. The molecule has 4 nitrogen and oxygen atoms in total. The first kappa shape index (κ1) is 11.4. The molecular formula is C13H14N2O2. The molecule has 88 valence electrons. The van der Waals surface area contributed by atoms with Crippen molar-refractivity contribution in [2.24, 2.45) is 0 Å². The maximum Gasteiger partial charge on any atom is 0.251 e. The zero-order valence-electron chi connectivity index (χ0n) is 9.62.